The molecule has 2 heterocycles. The first-order valence-electron chi connectivity index (χ1n) is 5.99. The molecule has 6 heteroatoms. The van der Waals surface area contributed by atoms with Gasteiger partial charge < -0.3 is 10.6 Å². The molecule has 0 bridgehead atoms. The van der Waals surface area contributed by atoms with Gasteiger partial charge in [-0.15, -0.1) is 0 Å². The Labute approximate surface area is 111 Å². The third-order valence-electron chi connectivity index (χ3n) is 2.48. The molecule has 0 fully saturated rings. The number of nitrogens with one attached hydrogen (secondary N) is 2. The highest BCUT2D eigenvalue weighted by atomic mass is 16.1. The van der Waals surface area contributed by atoms with E-state index < -0.39 is 0 Å². The monoisotopic (exact) mass is 257 g/mol. The Bertz CT molecular complexity index is 568. The lowest BCUT2D eigenvalue weighted by Crippen LogP contribution is -2.16. The molecule has 0 aliphatic heterocycles. The van der Waals surface area contributed by atoms with Crippen LogP contribution in [0.3, 0.4) is 0 Å². The Morgan fingerprint density at radius 1 is 1.26 bits per heavy atom. The summed E-state index contributed by atoms with van der Waals surface area (Å²) >= 11 is 0. The van der Waals surface area contributed by atoms with Gasteiger partial charge in [0.05, 0.1) is 12.4 Å². The van der Waals surface area contributed by atoms with Crippen molar-refractivity contribution < 1.29 is 4.79 Å². The van der Waals surface area contributed by atoms with Crippen molar-refractivity contribution in [1.82, 2.24) is 15.0 Å². The summed E-state index contributed by atoms with van der Waals surface area (Å²) in [6.45, 7) is 4.60. The highest BCUT2D eigenvalue weighted by Gasteiger charge is 2.10. The van der Waals surface area contributed by atoms with Gasteiger partial charge in [-0.05, 0) is 25.5 Å². The first kappa shape index (κ1) is 12.9. The summed E-state index contributed by atoms with van der Waals surface area (Å²) in [6.07, 6.45) is 4.60. The molecule has 2 N–H and O–H groups in total. The van der Waals surface area contributed by atoms with E-state index in [4.69, 9.17) is 0 Å². The fourth-order valence-electron chi connectivity index (χ4n) is 1.51. The van der Waals surface area contributed by atoms with E-state index in [0.717, 1.165) is 12.1 Å². The van der Waals surface area contributed by atoms with Gasteiger partial charge >= 0.3 is 0 Å². The zero-order valence-electron chi connectivity index (χ0n) is 10.8. The van der Waals surface area contributed by atoms with Crippen molar-refractivity contribution in [2.24, 2.45) is 0 Å². The SMILES string of the molecule is CCNc1cnc(C(=O)Nc2ncccc2C)cn1. The van der Waals surface area contributed by atoms with E-state index in [1.165, 1.54) is 12.4 Å². The highest BCUT2D eigenvalue weighted by Crippen LogP contribution is 2.10. The van der Waals surface area contributed by atoms with Crippen LogP contribution >= 0.6 is 0 Å². The lowest BCUT2D eigenvalue weighted by Gasteiger charge is -2.06. The Hall–Kier alpha value is -2.50. The summed E-state index contributed by atoms with van der Waals surface area (Å²) in [5, 5.41) is 5.72. The molecule has 19 heavy (non-hydrogen) atoms. The minimum absolute atomic E-state index is 0.256. The summed E-state index contributed by atoms with van der Waals surface area (Å²) in [5.74, 6) is 0.857. The number of anilines is 2. The predicted octanol–water partition coefficient (Wildman–Crippen LogP) is 1.86. The van der Waals surface area contributed by atoms with Crippen LogP contribution in [-0.4, -0.2) is 27.4 Å². The van der Waals surface area contributed by atoms with Crippen LogP contribution in [0.2, 0.25) is 0 Å². The molecule has 0 atom stereocenters. The molecule has 1 amide bonds. The molecule has 6 nitrogen and oxygen atoms in total. The fraction of sp³-hybridized carbons (Fsp3) is 0.231. The highest BCUT2D eigenvalue weighted by molar-refractivity contribution is 6.02. The number of amides is 1. The summed E-state index contributed by atoms with van der Waals surface area (Å²) in [7, 11) is 0. The number of aryl methyl sites for hydroxylation is 1. The first-order valence-corrected chi connectivity index (χ1v) is 5.99. The van der Waals surface area contributed by atoms with E-state index in [9.17, 15) is 4.79 Å². The number of hydrogen-bond acceptors (Lipinski definition) is 5. The van der Waals surface area contributed by atoms with Gasteiger partial charge in [0.1, 0.15) is 17.3 Å². The Kier molecular flexibility index (Phi) is 4.02. The molecular formula is C13H15N5O. The Balaban J connectivity index is 2.10. The van der Waals surface area contributed by atoms with E-state index in [0.29, 0.717) is 11.6 Å². The van der Waals surface area contributed by atoms with Crippen molar-refractivity contribution in [2.75, 3.05) is 17.2 Å². The van der Waals surface area contributed by atoms with E-state index in [1.54, 1.807) is 6.20 Å². The zero-order valence-corrected chi connectivity index (χ0v) is 10.8. The van der Waals surface area contributed by atoms with Crippen molar-refractivity contribution in [2.45, 2.75) is 13.8 Å². The fourth-order valence-corrected chi connectivity index (χ4v) is 1.51. The number of hydrogen-bond donors (Lipinski definition) is 2. The normalized spacial score (nSPS) is 10.0. The second kappa shape index (κ2) is 5.90. The summed E-state index contributed by atoms with van der Waals surface area (Å²) in [6, 6.07) is 3.69. The smallest absolute Gasteiger partial charge is 0.277 e. The first-order chi connectivity index (χ1) is 9.20. The molecule has 0 aliphatic carbocycles. The number of carbonyl (C=O) groups is 1. The van der Waals surface area contributed by atoms with Gasteiger partial charge in [-0.1, -0.05) is 6.07 Å². The van der Waals surface area contributed by atoms with Gasteiger partial charge in [-0.2, -0.15) is 0 Å². The largest absolute Gasteiger partial charge is 0.369 e. The maximum Gasteiger partial charge on any atom is 0.277 e. The topological polar surface area (TPSA) is 79.8 Å². The molecule has 0 aromatic carbocycles. The van der Waals surface area contributed by atoms with Crippen molar-refractivity contribution in [3.05, 3.63) is 42.0 Å². The van der Waals surface area contributed by atoms with Crippen LogP contribution < -0.4 is 10.6 Å². The quantitative estimate of drug-likeness (QED) is 0.874. The lowest BCUT2D eigenvalue weighted by atomic mass is 10.3. The van der Waals surface area contributed by atoms with Gasteiger partial charge in [-0.25, -0.2) is 15.0 Å². The number of aromatic nitrogens is 3. The molecule has 2 rings (SSSR count). The van der Waals surface area contributed by atoms with Crippen LogP contribution in [0.25, 0.3) is 0 Å². The van der Waals surface area contributed by atoms with Crippen molar-refractivity contribution in [3.63, 3.8) is 0 Å². The Morgan fingerprint density at radius 2 is 2.11 bits per heavy atom. The molecule has 0 radical (unpaired) electrons. The number of nitrogens with zero attached hydrogens (tertiary/aromatic N) is 3. The molecular weight excluding hydrogens is 242 g/mol. The predicted molar refractivity (Wildman–Crippen MR) is 73.1 cm³/mol. The maximum atomic E-state index is 12.0. The third kappa shape index (κ3) is 3.25. The van der Waals surface area contributed by atoms with Gasteiger partial charge in [-0.3, -0.25) is 4.79 Å². The average Bonchev–Trinajstić information content (AvgIpc) is 2.42. The summed E-state index contributed by atoms with van der Waals surface area (Å²) in [5.41, 5.74) is 1.15. The second-order valence-electron chi connectivity index (χ2n) is 3.94. The van der Waals surface area contributed by atoms with E-state index in [2.05, 4.69) is 25.6 Å². The summed E-state index contributed by atoms with van der Waals surface area (Å²) < 4.78 is 0. The second-order valence-corrected chi connectivity index (χ2v) is 3.94. The molecule has 2 aromatic heterocycles. The van der Waals surface area contributed by atoms with Crippen LogP contribution in [-0.2, 0) is 0 Å². The number of carbonyl (C=O) groups excluding carboxylic acids is 1. The number of rotatable bonds is 4. The van der Waals surface area contributed by atoms with Crippen LogP contribution in [0.5, 0.6) is 0 Å². The molecule has 0 saturated carbocycles. The van der Waals surface area contributed by atoms with E-state index in [-0.39, 0.29) is 11.6 Å². The molecule has 0 saturated heterocycles. The van der Waals surface area contributed by atoms with Gasteiger partial charge in [0.15, 0.2) is 0 Å². The Morgan fingerprint density at radius 3 is 2.74 bits per heavy atom. The maximum absolute atomic E-state index is 12.0. The average molecular weight is 257 g/mol. The lowest BCUT2D eigenvalue weighted by molar-refractivity contribution is 0.102. The van der Waals surface area contributed by atoms with Crippen LogP contribution in [0.15, 0.2) is 30.7 Å². The van der Waals surface area contributed by atoms with Crippen molar-refractivity contribution in [1.29, 1.82) is 0 Å². The van der Waals surface area contributed by atoms with Gasteiger partial charge in [0.2, 0.25) is 0 Å². The third-order valence-corrected chi connectivity index (χ3v) is 2.48. The molecule has 2 aromatic rings. The molecule has 0 aliphatic rings. The van der Waals surface area contributed by atoms with Crippen molar-refractivity contribution >= 4 is 17.5 Å². The van der Waals surface area contributed by atoms with Crippen LogP contribution in [0.4, 0.5) is 11.6 Å². The zero-order chi connectivity index (χ0) is 13.7. The minimum atomic E-state index is -0.322. The number of pyridine rings is 1. The van der Waals surface area contributed by atoms with Crippen LogP contribution in [0.1, 0.15) is 23.0 Å². The van der Waals surface area contributed by atoms with Crippen molar-refractivity contribution in [3.8, 4) is 0 Å². The van der Waals surface area contributed by atoms with E-state index in [1.807, 2.05) is 26.0 Å². The molecule has 0 spiro atoms. The molecule has 98 valence electrons. The van der Waals surface area contributed by atoms with E-state index >= 15 is 0 Å². The molecule has 0 unspecified atom stereocenters. The summed E-state index contributed by atoms with van der Waals surface area (Å²) in [4.78, 5) is 24.2. The standard InChI is InChI=1S/C13H15N5O/c1-3-14-11-8-16-10(7-17-11)13(19)18-12-9(2)5-4-6-15-12/h4-8H,3H2,1-2H3,(H,14,17)(H,15,18,19). The van der Waals surface area contributed by atoms with Crippen LogP contribution in [0, 0.1) is 6.92 Å². The minimum Gasteiger partial charge on any atom is -0.369 e. The van der Waals surface area contributed by atoms with Gasteiger partial charge in [0.25, 0.3) is 5.91 Å². The van der Waals surface area contributed by atoms with Gasteiger partial charge in [0, 0.05) is 12.7 Å².